The Morgan fingerprint density at radius 3 is 2.31 bits per heavy atom. The second-order valence-corrected chi connectivity index (χ2v) is 8.63. The fourth-order valence-electron chi connectivity index (χ4n) is 2.45. The fraction of sp³-hybridized carbons (Fsp3) is 0.294. The number of aromatic nitrogens is 1. The smallest absolute Gasteiger partial charge is 0.264 e. The summed E-state index contributed by atoms with van der Waals surface area (Å²) in [7, 11) is -3.83. The Hall–Kier alpha value is -2.65. The highest BCUT2D eigenvalue weighted by Crippen LogP contribution is 2.23. The van der Waals surface area contributed by atoms with Crippen LogP contribution in [0.25, 0.3) is 11.1 Å². The predicted octanol–water partition coefficient (Wildman–Crippen LogP) is 0.920. The van der Waals surface area contributed by atoms with E-state index >= 15 is 0 Å². The molecule has 1 amide bonds. The summed E-state index contributed by atoms with van der Waals surface area (Å²) < 4.78 is 23.3. The van der Waals surface area contributed by atoms with Crippen molar-refractivity contribution in [2.75, 3.05) is 6.26 Å². The van der Waals surface area contributed by atoms with Crippen molar-refractivity contribution in [2.45, 2.75) is 24.6 Å². The van der Waals surface area contributed by atoms with Gasteiger partial charge in [0.25, 0.3) is 11.5 Å². The molecule has 140 valence electrons. The van der Waals surface area contributed by atoms with E-state index in [9.17, 15) is 23.1 Å². The van der Waals surface area contributed by atoms with E-state index in [4.69, 9.17) is 5.21 Å². The molecule has 1 atom stereocenters. The number of benzene rings is 1. The SMILES string of the molecule is CC(CCn1ccc(-c2ccc(O)cc2)cc1=O)(C(=O)NO)S(C)(=O)=O. The molecule has 0 spiro atoms. The monoisotopic (exact) mass is 380 g/mol. The summed E-state index contributed by atoms with van der Waals surface area (Å²) in [4.78, 5) is 24.1. The molecule has 8 nitrogen and oxygen atoms in total. The van der Waals surface area contributed by atoms with Gasteiger partial charge in [-0.25, -0.2) is 13.9 Å². The highest BCUT2D eigenvalue weighted by Gasteiger charge is 2.43. The number of pyridine rings is 1. The molecule has 0 aliphatic heterocycles. The molecular formula is C17H20N2O6S. The molecule has 9 heteroatoms. The lowest BCUT2D eigenvalue weighted by Crippen LogP contribution is -2.49. The molecule has 0 saturated heterocycles. The minimum absolute atomic E-state index is 0.0221. The lowest BCUT2D eigenvalue weighted by Gasteiger charge is -2.25. The van der Waals surface area contributed by atoms with Gasteiger partial charge in [-0.2, -0.15) is 0 Å². The predicted molar refractivity (Wildman–Crippen MR) is 95.6 cm³/mol. The zero-order valence-corrected chi connectivity index (χ0v) is 15.2. The molecule has 0 bridgehead atoms. The van der Waals surface area contributed by atoms with Crippen LogP contribution in [0.5, 0.6) is 5.75 Å². The van der Waals surface area contributed by atoms with Gasteiger partial charge < -0.3 is 9.67 Å². The van der Waals surface area contributed by atoms with E-state index in [1.165, 1.54) is 41.4 Å². The van der Waals surface area contributed by atoms with Crippen molar-refractivity contribution in [1.29, 1.82) is 0 Å². The van der Waals surface area contributed by atoms with E-state index in [1.807, 2.05) is 0 Å². The standard InChI is InChI=1S/C17H20N2O6S/c1-17(16(22)18-23,26(2,24)25)8-10-19-9-7-13(11-15(19)21)12-3-5-14(20)6-4-12/h3-7,9,11,20,23H,8,10H2,1-2H3,(H,18,22). The van der Waals surface area contributed by atoms with Gasteiger partial charge in [0.05, 0.1) is 0 Å². The molecule has 26 heavy (non-hydrogen) atoms. The van der Waals surface area contributed by atoms with E-state index in [2.05, 4.69) is 0 Å². The first-order valence-electron chi connectivity index (χ1n) is 7.72. The fourth-order valence-corrected chi connectivity index (χ4v) is 3.29. The number of nitrogens with one attached hydrogen (secondary N) is 1. The number of aromatic hydroxyl groups is 1. The average Bonchev–Trinajstić information content (AvgIpc) is 2.59. The van der Waals surface area contributed by atoms with E-state index in [0.717, 1.165) is 11.8 Å². The lowest BCUT2D eigenvalue weighted by atomic mass is 10.1. The van der Waals surface area contributed by atoms with E-state index in [-0.39, 0.29) is 24.3 Å². The first-order valence-corrected chi connectivity index (χ1v) is 9.61. The molecule has 0 aliphatic carbocycles. The number of hydrogen-bond donors (Lipinski definition) is 3. The maximum atomic E-state index is 12.3. The van der Waals surface area contributed by atoms with Gasteiger partial charge in [0.2, 0.25) is 0 Å². The lowest BCUT2D eigenvalue weighted by molar-refractivity contribution is -0.131. The number of nitrogens with zero attached hydrogens (tertiary/aromatic N) is 1. The third-order valence-corrected chi connectivity index (χ3v) is 6.45. The molecule has 2 rings (SSSR count). The van der Waals surface area contributed by atoms with Crippen molar-refractivity contribution in [3.8, 4) is 16.9 Å². The summed E-state index contributed by atoms with van der Waals surface area (Å²) >= 11 is 0. The van der Waals surface area contributed by atoms with E-state index < -0.39 is 20.5 Å². The molecule has 1 unspecified atom stereocenters. The first kappa shape index (κ1) is 19.7. The molecule has 2 aromatic rings. The number of aryl methyl sites for hydroxylation is 1. The van der Waals surface area contributed by atoms with Gasteiger partial charge in [0, 0.05) is 25.1 Å². The van der Waals surface area contributed by atoms with Crippen LogP contribution in [0.2, 0.25) is 0 Å². The summed E-state index contributed by atoms with van der Waals surface area (Å²) in [6, 6.07) is 9.41. The van der Waals surface area contributed by atoms with Crippen molar-refractivity contribution in [1.82, 2.24) is 10.0 Å². The number of sulfone groups is 1. The van der Waals surface area contributed by atoms with Gasteiger partial charge in [-0.15, -0.1) is 0 Å². The molecule has 1 aromatic heterocycles. The zero-order chi connectivity index (χ0) is 19.5. The Labute approximate surface area is 150 Å². The third kappa shape index (κ3) is 3.94. The molecule has 0 fully saturated rings. The molecular weight excluding hydrogens is 360 g/mol. The average molecular weight is 380 g/mol. The van der Waals surface area contributed by atoms with Crippen molar-refractivity contribution in [3.63, 3.8) is 0 Å². The Bertz CT molecular complexity index is 965. The summed E-state index contributed by atoms with van der Waals surface area (Å²) in [5.41, 5.74) is 2.39. The maximum Gasteiger partial charge on any atom is 0.264 e. The van der Waals surface area contributed by atoms with Crippen molar-refractivity contribution >= 4 is 15.7 Å². The number of phenolic OH excluding ortho intramolecular Hbond substituents is 1. The maximum absolute atomic E-state index is 12.3. The Morgan fingerprint density at radius 1 is 1.19 bits per heavy atom. The third-order valence-electron chi connectivity index (χ3n) is 4.43. The quantitative estimate of drug-likeness (QED) is 0.505. The molecule has 1 aromatic carbocycles. The van der Waals surface area contributed by atoms with Crippen molar-refractivity contribution < 1.29 is 23.5 Å². The van der Waals surface area contributed by atoms with Crippen LogP contribution in [-0.2, 0) is 21.2 Å². The molecule has 0 radical (unpaired) electrons. The minimum Gasteiger partial charge on any atom is -0.508 e. The largest absolute Gasteiger partial charge is 0.508 e. The summed E-state index contributed by atoms with van der Waals surface area (Å²) in [6.07, 6.45) is 2.22. The number of carbonyl (C=O) groups is 1. The number of phenols is 1. The summed E-state index contributed by atoms with van der Waals surface area (Å²) in [5, 5.41) is 18.1. The molecule has 1 heterocycles. The van der Waals surface area contributed by atoms with Gasteiger partial charge in [-0.1, -0.05) is 12.1 Å². The number of hydrogen-bond acceptors (Lipinski definition) is 6. The summed E-state index contributed by atoms with van der Waals surface area (Å²) in [6.45, 7) is 1.18. The van der Waals surface area contributed by atoms with E-state index in [1.54, 1.807) is 18.2 Å². The van der Waals surface area contributed by atoms with Crippen molar-refractivity contribution in [2.24, 2.45) is 0 Å². The second-order valence-electron chi connectivity index (χ2n) is 6.19. The van der Waals surface area contributed by atoms with E-state index in [0.29, 0.717) is 5.56 Å². The van der Waals surface area contributed by atoms with Crippen LogP contribution in [0.1, 0.15) is 13.3 Å². The van der Waals surface area contributed by atoms with Gasteiger partial charge in [-0.05, 0) is 42.7 Å². The van der Waals surface area contributed by atoms with Crippen LogP contribution in [0, 0.1) is 0 Å². The first-order chi connectivity index (χ1) is 12.1. The van der Waals surface area contributed by atoms with Gasteiger partial charge in [-0.3, -0.25) is 14.8 Å². The Morgan fingerprint density at radius 2 is 1.81 bits per heavy atom. The Kier molecular flexibility index (Phi) is 5.53. The number of rotatable bonds is 6. The Balaban J connectivity index is 2.26. The van der Waals surface area contributed by atoms with Gasteiger partial charge in [0.1, 0.15) is 5.75 Å². The molecule has 0 aliphatic rings. The van der Waals surface area contributed by atoms with Gasteiger partial charge >= 0.3 is 0 Å². The summed E-state index contributed by atoms with van der Waals surface area (Å²) in [5.74, 6) is -0.932. The van der Waals surface area contributed by atoms with Crippen LogP contribution in [0.3, 0.4) is 0 Å². The second kappa shape index (κ2) is 7.30. The molecule has 3 N–H and O–H groups in total. The van der Waals surface area contributed by atoms with Crippen LogP contribution in [0.4, 0.5) is 0 Å². The van der Waals surface area contributed by atoms with Crippen molar-refractivity contribution in [3.05, 3.63) is 52.9 Å². The number of hydroxylamine groups is 1. The highest BCUT2D eigenvalue weighted by atomic mass is 32.2. The number of amides is 1. The van der Waals surface area contributed by atoms with Crippen LogP contribution in [0.15, 0.2) is 47.4 Å². The highest BCUT2D eigenvalue weighted by molar-refractivity contribution is 7.92. The van der Waals surface area contributed by atoms with Gasteiger partial charge in [0.15, 0.2) is 14.6 Å². The normalized spacial score (nSPS) is 13.8. The van der Waals surface area contributed by atoms with Crippen LogP contribution >= 0.6 is 0 Å². The zero-order valence-electron chi connectivity index (χ0n) is 14.3. The van der Waals surface area contributed by atoms with Crippen LogP contribution in [-0.4, -0.2) is 40.2 Å². The number of carbonyl (C=O) groups excluding carboxylic acids is 1. The minimum atomic E-state index is -3.83. The van der Waals surface area contributed by atoms with Crippen LogP contribution < -0.4 is 11.0 Å². The topological polar surface area (TPSA) is 126 Å². The molecule has 0 saturated carbocycles.